The molecule has 0 aromatic rings. The Kier molecular flexibility index (Phi) is 18.9. The van der Waals surface area contributed by atoms with E-state index in [1.807, 2.05) is 13.8 Å². The van der Waals surface area contributed by atoms with Crippen LogP contribution in [0.25, 0.3) is 0 Å². The molecule has 0 aromatic heterocycles. The van der Waals surface area contributed by atoms with E-state index in [9.17, 15) is 9.59 Å². The first kappa shape index (κ1) is 25.9. The normalized spacial score (nSPS) is 11.0. The van der Waals surface area contributed by atoms with E-state index in [-0.39, 0.29) is 24.5 Å². The molecule has 0 aliphatic carbocycles. The molecule has 0 radical (unpaired) electrons. The Hall–Kier alpha value is -1.06. The molecule has 4 heteroatoms. The van der Waals surface area contributed by atoms with Gasteiger partial charge in [-0.05, 0) is 26.7 Å². The van der Waals surface area contributed by atoms with Crippen molar-refractivity contribution >= 4 is 11.9 Å². The van der Waals surface area contributed by atoms with E-state index >= 15 is 0 Å². The van der Waals surface area contributed by atoms with E-state index in [2.05, 4.69) is 6.92 Å². The van der Waals surface area contributed by atoms with Crippen LogP contribution < -0.4 is 0 Å². The number of unbranched alkanes of at least 4 members (excludes halogenated alkanes) is 12. The first-order chi connectivity index (χ1) is 13.1. The highest BCUT2D eigenvalue weighted by molar-refractivity contribution is 5.72. The molecule has 0 aliphatic heterocycles. The van der Waals surface area contributed by atoms with Crippen LogP contribution in [-0.4, -0.2) is 24.6 Å². The van der Waals surface area contributed by atoms with Gasteiger partial charge in [-0.25, -0.2) is 0 Å². The first-order valence-corrected chi connectivity index (χ1v) is 11.4. The van der Waals surface area contributed by atoms with E-state index in [0.717, 1.165) is 12.8 Å². The van der Waals surface area contributed by atoms with Crippen molar-refractivity contribution in [3.8, 4) is 0 Å². The number of esters is 2. The fourth-order valence-electron chi connectivity index (χ4n) is 3.08. The SMILES string of the molecule is CCCCCCCCCCCCCCCOC(=O)CCCC(=O)OC(C)C. The Bertz CT molecular complexity index is 352. The zero-order valence-corrected chi connectivity index (χ0v) is 18.2. The predicted molar refractivity (Wildman–Crippen MR) is 112 cm³/mol. The smallest absolute Gasteiger partial charge is 0.306 e. The highest BCUT2D eigenvalue weighted by atomic mass is 16.5. The lowest BCUT2D eigenvalue weighted by atomic mass is 10.0. The fourth-order valence-corrected chi connectivity index (χ4v) is 3.08. The van der Waals surface area contributed by atoms with Crippen molar-refractivity contribution in [2.75, 3.05) is 6.61 Å². The Morgan fingerprint density at radius 3 is 1.56 bits per heavy atom. The van der Waals surface area contributed by atoms with Gasteiger partial charge in [0.25, 0.3) is 0 Å². The summed E-state index contributed by atoms with van der Waals surface area (Å²) in [4.78, 5) is 22.9. The first-order valence-electron chi connectivity index (χ1n) is 11.4. The van der Waals surface area contributed by atoms with Gasteiger partial charge in [0.1, 0.15) is 0 Å². The molecule has 0 unspecified atom stereocenters. The summed E-state index contributed by atoms with van der Waals surface area (Å²) in [6.45, 7) is 6.41. The monoisotopic (exact) mass is 384 g/mol. The maximum absolute atomic E-state index is 11.6. The molecule has 0 spiro atoms. The third-order valence-electron chi connectivity index (χ3n) is 4.64. The van der Waals surface area contributed by atoms with Crippen molar-refractivity contribution in [3.05, 3.63) is 0 Å². The van der Waals surface area contributed by atoms with Gasteiger partial charge < -0.3 is 9.47 Å². The van der Waals surface area contributed by atoms with Gasteiger partial charge in [-0.1, -0.05) is 84.0 Å². The van der Waals surface area contributed by atoms with Gasteiger partial charge in [0, 0.05) is 12.8 Å². The van der Waals surface area contributed by atoms with E-state index < -0.39 is 0 Å². The summed E-state index contributed by atoms with van der Waals surface area (Å²) in [6, 6.07) is 0. The van der Waals surface area contributed by atoms with E-state index in [4.69, 9.17) is 9.47 Å². The third kappa shape index (κ3) is 21.1. The second-order valence-corrected chi connectivity index (χ2v) is 7.86. The largest absolute Gasteiger partial charge is 0.466 e. The lowest BCUT2D eigenvalue weighted by molar-refractivity contribution is -0.148. The van der Waals surface area contributed by atoms with Crippen LogP contribution in [0.2, 0.25) is 0 Å². The van der Waals surface area contributed by atoms with Crippen LogP contribution in [0.4, 0.5) is 0 Å². The zero-order chi connectivity index (χ0) is 20.2. The average Bonchev–Trinajstić information content (AvgIpc) is 2.61. The van der Waals surface area contributed by atoms with Gasteiger partial charge in [0.15, 0.2) is 0 Å². The maximum Gasteiger partial charge on any atom is 0.306 e. The minimum Gasteiger partial charge on any atom is -0.466 e. The molecule has 160 valence electrons. The summed E-state index contributed by atoms with van der Waals surface area (Å²) < 4.78 is 10.2. The molecule has 0 amide bonds. The van der Waals surface area contributed by atoms with Crippen LogP contribution in [0.15, 0.2) is 0 Å². The summed E-state index contributed by atoms with van der Waals surface area (Å²) in [6.07, 6.45) is 18.0. The molecule has 4 nitrogen and oxygen atoms in total. The van der Waals surface area contributed by atoms with E-state index in [1.54, 1.807) is 0 Å². The van der Waals surface area contributed by atoms with Gasteiger partial charge >= 0.3 is 11.9 Å². The van der Waals surface area contributed by atoms with Crippen molar-refractivity contribution in [1.82, 2.24) is 0 Å². The van der Waals surface area contributed by atoms with Crippen LogP contribution in [0.3, 0.4) is 0 Å². The summed E-state index contributed by atoms with van der Waals surface area (Å²) in [5.74, 6) is -0.444. The fraction of sp³-hybridized carbons (Fsp3) is 0.913. The van der Waals surface area contributed by atoms with Gasteiger partial charge in [-0.3, -0.25) is 9.59 Å². The number of hydrogen-bond donors (Lipinski definition) is 0. The van der Waals surface area contributed by atoms with Crippen molar-refractivity contribution in [2.24, 2.45) is 0 Å². The van der Waals surface area contributed by atoms with Crippen LogP contribution in [-0.2, 0) is 19.1 Å². The maximum atomic E-state index is 11.6. The van der Waals surface area contributed by atoms with Crippen LogP contribution in [0.1, 0.15) is 124 Å². The second-order valence-electron chi connectivity index (χ2n) is 7.86. The summed E-state index contributed by atoms with van der Waals surface area (Å²) in [5.41, 5.74) is 0. The van der Waals surface area contributed by atoms with Crippen molar-refractivity contribution in [1.29, 1.82) is 0 Å². The molecule has 0 saturated heterocycles. The minimum atomic E-state index is -0.241. The van der Waals surface area contributed by atoms with E-state index in [1.165, 1.54) is 70.6 Å². The average molecular weight is 385 g/mol. The molecule has 0 N–H and O–H groups in total. The van der Waals surface area contributed by atoms with Gasteiger partial charge in [-0.2, -0.15) is 0 Å². The van der Waals surface area contributed by atoms with Crippen LogP contribution in [0.5, 0.6) is 0 Å². The molecule has 0 aromatic carbocycles. The molecule has 27 heavy (non-hydrogen) atoms. The Morgan fingerprint density at radius 2 is 1.07 bits per heavy atom. The van der Waals surface area contributed by atoms with Gasteiger partial charge in [0.05, 0.1) is 12.7 Å². The van der Waals surface area contributed by atoms with Crippen LogP contribution in [0, 0.1) is 0 Å². The standard InChI is InChI=1S/C23H44O4/c1-4-5-6-7-8-9-10-11-12-13-14-15-16-20-26-22(24)18-17-19-23(25)27-21(2)3/h21H,4-20H2,1-3H3. The molecule has 0 aliphatic rings. The van der Waals surface area contributed by atoms with Crippen molar-refractivity contribution < 1.29 is 19.1 Å². The highest BCUT2D eigenvalue weighted by Crippen LogP contribution is 2.12. The van der Waals surface area contributed by atoms with Crippen molar-refractivity contribution in [2.45, 2.75) is 130 Å². The third-order valence-corrected chi connectivity index (χ3v) is 4.64. The Morgan fingerprint density at radius 1 is 0.630 bits per heavy atom. The second kappa shape index (κ2) is 19.7. The van der Waals surface area contributed by atoms with E-state index in [0.29, 0.717) is 19.4 Å². The zero-order valence-electron chi connectivity index (χ0n) is 18.2. The Labute approximate surface area is 167 Å². The number of hydrogen-bond acceptors (Lipinski definition) is 4. The number of carbonyl (C=O) groups is 2. The lowest BCUT2D eigenvalue weighted by Crippen LogP contribution is -2.12. The van der Waals surface area contributed by atoms with Crippen LogP contribution >= 0.6 is 0 Å². The minimum absolute atomic E-state index is 0.0972. The molecule has 0 rings (SSSR count). The highest BCUT2D eigenvalue weighted by Gasteiger charge is 2.08. The van der Waals surface area contributed by atoms with Gasteiger partial charge in [0.2, 0.25) is 0 Å². The summed E-state index contributed by atoms with van der Waals surface area (Å²) >= 11 is 0. The molecule has 0 atom stereocenters. The lowest BCUT2D eigenvalue weighted by Gasteiger charge is -2.07. The summed E-state index contributed by atoms with van der Waals surface area (Å²) in [7, 11) is 0. The number of carbonyl (C=O) groups excluding carboxylic acids is 2. The molecule has 0 fully saturated rings. The number of rotatable bonds is 19. The molecular formula is C23H44O4. The quantitative estimate of drug-likeness (QED) is 0.183. The predicted octanol–water partition coefficient (Wildman–Crippen LogP) is 6.74. The number of ether oxygens (including phenoxy) is 2. The van der Waals surface area contributed by atoms with Crippen molar-refractivity contribution in [3.63, 3.8) is 0 Å². The van der Waals surface area contributed by atoms with Gasteiger partial charge in [-0.15, -0.1) is 0 Å². The Balaban J connectivity index is 3.23. The molecule has 0 bridgehead atoms. The molecular weight excluding hydrogens is 340 g/mol. The topological polar surface area (TPSA) is 52.6 Å². The molecule has 0 saturated carbocycles. The molecule has 0 heterocycles. The summed E-state index contributed by atoms with van der Waals surface area (Å²) in [5, 5.41) is 0.